The molecule has 7 heteroatoms. The van der Waals surface area contributed by atoms with E-state index in [0.717, 1.165) is 11.4 Å². The van der Waals surface area contributed by atoms with Gasteiger partial charge in [-0.05, 0) is 42.8 Å². The molecule has 2 aromatic heterocycles. The minimum absolute atomic E-state index is 0.571. The van der Waals surface area contributed by atoms with Gasteiger partial charge in [-0.2, -0.15) is 0 Å². The van der Waals surface area contributed by atoms with E-state index in [0.29, 0.717) is 33.9 Å². The average Bonchev–Trinajstić information content (AvgIpc) is 2.57. The Morgan fingerprint density at radius 3 is 2.50 bits per heavy atom. The van der Waals surface area contributed by atoms with Crippen LogP contribution in [-0.2, 0) is 6.54 Å². The molecule has 1 aromatic carbocycles. The summed E-state index contributed by atoms with van der Waals surface area (Å²) in [6, 6.07) is 11.0. The Labute approximate surface area is 150 Å². The minimum Gasteiger partial charge on any atom is -0.366 e. The molecule has 122 valence electrons. The molecule has 24 heavy (non-hydrogen) atoms. The number of halogens is 2. The number of aryl methyl sites for hydroxylation is 1. The first-order valence-corrected chi connectivity index (χ1v) is 8.06. The molecule has 3 aromatic rings. The second-order valence-electron chi connectivity index (χ2n) is 5.14. The molecular weight excluding hydrogens is 345 g/mol. The smallest absolute Gasteiger partial charge is 0.136 e. The van der Waals surface area contributed by atoms with Gasteiger partial charge < -0.3 is 10.6 Å². The topological polar surface area (TPSA) is 62.7 Å². The van der Waals surface area contributed by atoms with Gasteiger partial charge in [0.05, 0.1) is 10.7 Å². The number of nitrogens with one attached hydrogen (secondary N) is 2. The van der Waals surface area contributed by atoms with Crippen molar-refractivity contribution in [3.63, 3.8) is 0 Å². The van der Waals surface area contributed by atoms with E-state index < -0.39 is 0 Å². The zero-order chi connectivity index (χ0) is 16.9. The lowest BCUT2D eigenvalue weighted by Gasteiger charge is -2.11. The molecule has 0 saturated heterocycles. The van der Waals surface area contributed by atoms with Crippen LogP contribution in [0.25, 0.3) is 0 Å². The molecule has 0 aliphatic heterocycles. The summed E-state index contributed by atoms with van der Waals surface area (Å²) in [7, 11) is 0. The largest absolute Gasteiger partial charge is 0.366 e. The van der Waals surface area contributed by atoms with Gasteiger partial charge in [0.25, 0.3) is 0 Å². The molecule has 0 radical (unpaired) electrons. The number of benzene rings is 1. The van der Waals surface area contributed by atoms with Crippen LogP contribution in [0.2, 0.25) is 10.0 Å². The van der Waals surface area contributed by atoms with Gasteiger partial charge in [0, 0.05) is 30.0 Å². The molecule has 0 aliphatic carbocycles. The van der Waals surface area contributed by atoms with Crippen LogP contribution >= 0.6 is 23.2 Å². The molecule has 3 rings (SSSR count). The number of aromatic nitrogens is 3. The summed E-state index contributed by atoms with van der Waals surface area (Å²) in [4.78, 5) is 12.8. The van der Waals surface area contributed by atoms with Crippen molar-refractivity contribution >= 4 is 40.5 Å². The van der Waals surface area contributed by atoms with Crippen molar-refractivity contribution in [1.29, 1.82) is 0 Å². The van der Waals surface area contributed by atoms with Gasteiger partial charge in [-0.3, -0.25) is 4.98 Å². The maximum atomic E-state index is 6.18. The number of hydrogen-bond acceptors (Lipinski definition) is 5. The molecule has 0 atom stereocenters. The third kappa shape index (κ3) is 4.34. The average molecular weight is 360 g/mol. The van der Waals surface area contributed by atoms with Crippen molar-refractivity contribution in [1.82, 2.24) is 15.0 Å². The lowest BCUT2D eigenvalue weighted by Crippen LogP contribution is -2.05. The second-order valence-corrected chi connectivity index (χ2v) is 5.99. The highest BCUT2D eigenvalue weighted by Crippen LogP contribution is 2.28. The van der Waals surface area contributed by atoms with E-state index in [9.17, 15) is 0 Å². The van der Waals surface area contributed by atoms with Gasteiger partial charge in [-0.15, -0.1) is 0 Å². The zero-order valence-corrected chi connectivity index (χ0v) is 14.4. The normalized spacial score (nSPS) is 10.5. The summed E-state index contributed by atoms with van der Waals surface area (Å²) in [6.45, 7) is 2.48. The van der Waals surface area contributed by atoms with Gasteiger partial charge in [0.1, 0.15) is 17.5 Å². The monoisotopic (exact) mass is 359 g/mol. The molecule has 0 saturated carbocycles. The fourth-order valence-electron chi connectivity index (χ4n) is 2.15. The van der Waals surface area contributed by atoms with E-state index in [1.54, 1.807) is 30.6 Å². The Kier molecular flexibility index (Phi) is 5.13. The Bertz CT molecular complexity index is 840. The van der Waals surface area contributed by atoms with Gasteiger partial charge in [-0.25, -0.2) is 9.97 Å². The van der Waals surface area contributed by atoms with Crippen LogP contribution in [0.1, 0.15) is 11.4 Å². The summed E-state index contributed by atoms with van der Waals surface area (Å²) in [5.41, 5.74) is 1.82. The lowest BCUT2D eigenvalue weighted by atomic mass is 10.3. The van der Waals surface area contributed by atoms with E-state index in [4.69, 9.17) is 23.2 Å². The molecule has 2 heterocycles. The Morgan fingerprint density at radius 2 is 1.71 bits per heavy atom. The van der Waals surface area contributed by atoms with Crippen LogP contribution in [0, 0.1) is 6.92 Å². The predicted molar refractivity (Wildman–Crippen MR) is 98.1 cm³/mol. The highest BCUT2D eigenvalue weighted by molar-refractivity contribution is 6.35. The molecule has 2 N–H and O–H groups in total. The van der Waals surface area contributed by atoms with Gasteiger partial charge in [0.15, 0.2) is 0 Å². The summed E-state index contributed by atoms with van der Waals surface area (Å²) in [5.74, 6) is 2.01. The maximum absolute atomic E-state index is 6.18. The van der Waals surface area contributed by atoms with Crippen molar-refractivity contribution in [2.45, 2.75) is 13.5 Å². The zero-order valence-electron chi connectivity index (χ0n) is 12.9. The van der Waals surface area contributed by atoms with Crippen LogP contribution in [-0.4, -0.2) is 15.0 Å². The van der Waals surface area contributed by atoms with E-state index >= 15 is 0 Å². The molecule has 0 spiro atoms. The number of rotatable bonds is 5. The Balaban J connectivity index is 1.77. The van der Waals surface area contributed by atoms with E-state index in [1.807, 2.05) is 25.1 Å². The summed E-state index contributed by atoms with van der Waals surface area (Å²) < 4.78 is 0. The quantitative estimate of drug-likeness (QED) is 0.682. The Hall–Kier alpha value is -2.37. The minimum atomic E-state index is 0.571. The Morgan fingerprint density at radius 1 is 0.958 bits per heavy atom. The van der Waals surface area contributed by atoms with Crippen molar-refractivity contribution in [3.8, 4) is 0 Å². The predicted octanol–water partition coefficient (Wildman–Crippen LogP) is 4.84. The number of pyridine rings is 1. The first-order valence-electron chi connectivity index (χ1n) is 7.31. The molecular formula is C17H15Cl2N5. The summed E-state index contributed by atoms with van der Waals surface area (Å²) in [6.07, 6.45) is 3.52. The third-order valence-corrected chi connectivity index (χ3v) is 3.82. The summed E-state index contributed by atoms with van der Waals surface area (Å²) >= 11 is 12.2. The second kappa shape index (κ2) is 7.47. The maximum Gasteiger partial charge on any atom is 0.136 e. The van der Waals surface area contributed by atoms with E-state index in [2.05, 4.69) is 25.6 Å². The van der Waals surface area contributed by atoms with Crippen LogP contribution in [0.15, 0.2) is 48.8 Å². The standard InChI is InChI=1S/C17H15Cl2N5/c1-11-22-16(21-10-12-4-6-20-7-5-12)9-17(23-11)24-15-8-13(18)2-3-14(15)19/h2-9H,10H2,1H3,(H2,21,22,23,24). The number of hydrogen-bond donors (Lipinski definition) is 2. The number of anilines is 3. The fourth-order valence-corrected chi connectivity index (χ4v) is 2.48. The molecule has 0 bridgehead atoms. The van der Waals surface area contributed by atoms with Gasteiger partial charge in [0.2, 0.25) is 0 Å². The number of nitrogens with zero attached hydrogens (tertiary/aromatic N) is 3. The molecule has 0 aliphatic rings. The van der Waals surface area contributed by atoms with Crippen LogP contribution < -0.4 is 10.6 Å². The molecule has 0 amide bonds. The lowest BCUT2D eigenvalue weighted by molar-refractivity contribution is 1.02. The van der Waals surface area contributed by atoms with Crippen LogP contribution in [0.3, 0.4) is 0 Å². The van der Waals surface area contributed by atoms with Crippen molar-refractivity contribution < 1.29 is 0 Å². The van der Waals surface area contributed by atoms with E-state index in [1.165, 1.54) is 0 Å². The highest BCUT2D eigenvalue weighted by Gasteiger charge is 2.06. The van der Waals surface area contributed by atoms with Gasteiger partial charge >= 0.3 is 0 Å². The molecule has 0 fully saturated rings. The SMILES string of the molecule is Cc1nc(NCc2ccncc2)cc(Nc2cc(Cl)ccc2Cl)n1. The highest BCUT2D eigenvalue weighted by atomic mass is 35.5. The van der Waals surface area contributed by atoms with Gasteiger partial charge in [-0.1, -0.05) is 23.2 Å². The van der Waals surface area contributed by atoms with Crippen molar-refractivity contribution in [2.24, 2.45) is 0 Å². The first kappa shape index (κ1) is 16.5. The van der Waals surface area contributed by atoms with Crippen LogP contribution in [0.4, 0.5) is 17.3 Å². The third-order valence-electron chi connectivity index (χ3n) is 3.25. The van der Waals surface area contributed by atoms with E-state index in [-0.39, 0.29) is 0 Å². The van der Waals surface area contributed by atoms with Crippen LogP contribution in [0.5, 0.6) is 0 Å². The van der Waals surface area contributed by atoms with Crippen molar-refractivity contribution in [2.75, 3.05) is 10.6 Å². The molecule has 0 unspecified atom stereocenters. The molecule has 5 nitrogen and oxygen atoms in total. The summed E-state index contributed by atoms with van der Waals surface area (Å²) in [5, 5.41) is 7.62. The fraction of sp³-hybridized carbons (Fsp3) is 0.118. The van der Waals surface area contributed by atoms with Crippen molar-refractivity contribution in [3.05, 3.63) is 70.2 Å². The first-order chi connectivity index (χ1) is 11.6.